The average molecular weight is 609 g/mol. The normalized spacial score (nSPS) is 45.6. The quantitative estimate of drug-likeness (QED) is 0.181. The molecule has 0 radical (unpaired) electrons. The molecule has 0 amide bonds. The van der Waals surface area contributed by atoms with Gasteiger partial charge in [0.15, 0.2) is 0 Å². The Morgan fingerprint density at radius 3 is 1.16 bits per heavy atom. The number of hydrogen-bond acceptors (Lipinski definition) is 4. The highest BCUT2D eigenvalue weighted by Gasteiger charge is 2.73. The lowest BCUT2D eigenvalue weighted by molar-refractivity contribution is -0.109. The summed E-state index contributed by atoms with van der Waals surface area (Å²) in [7, 11) is 0. The number of carbonyl (C=O) groups is 2. The van der Waals surface area contributed by atoms with Gasteiger partial charge in [0.1, 0.15) is 12.6 Å². The van der Waals surface area contributed by atoms with Crippen molar-refractivity contribution in [2.75, 3.05) is 0 Å². The van der Waals surface area contributed by atoms with Gasteiger partial charge in [-0.1, -0.05) is 78.7 Å². The van der Waals surface area contributed by atoms with E-state index in [1.165, 1.54) is 36.8 Å². The molecule has 2 aliphatic heterocycles. The van der Waals surface area contributed by atoms with Gasteiger partial charge in [-0.05, 0) is 123 Å². The number of rotatable bonds is 4. The van der Waals surface area contributed by atoms with Crippen LogP contribution in [0.25, 0.3) is 0 Å². The van der Waals surface area contributed by atoms with Crippen LogP contribution in [0.4, 0.5) is 0 Å². The van der Waals surface area contributed by atoms with E-state index >= 15 is 0 Å². The molecule has 4 nitrogen and oxygen atoms in total. The number of hydrogen-bond donors (Lipinski definition) is 0. The first-order valence-corrected chi connectivity index (χ1v) is 17.8. The molecule has 10 aliphatic rings. The summed E-state index contributed by atoms with van der Waals surface area (Å²) in [5, 5.41) is 0. The Hall–Kier alpha value is -1.26. The minimum Gasteiger partial charge on any atom is -0.366 e. The molecule has 0 spiro atoms. The van der Waals surface area contributed by atoms with E-state index in [1.807, 2.05) is 0 Å². The molecule has 4 bridgehead atoms. The van der Waals surface area contributed by atoms with E-state index in [9.17, 15) is 9.59 Å². The van der Waals surface area contributed by atoms with Crippen LogP contribution in [0.5, 0.6) is 0 Å². The highest BCUT2D eigenvalue weighted by atomic mass is 16.6. The fraction of sp³-hybridized carbons (Fsp3) is 0.850. The van der Waals surface area contributed by atoms with Crippen molar-refractivity contribution in [3.63, 3.8) is 0 Å². The second-order valence-corrected chi connectivity index (χ2v) is 18.6. The summed E-state index contributed by atoms with van der Waals surface area (Å²) in [6, 6.07) is 0. The second-order valence-electron chi connectivity index (χ2n) is 18.6. The third-order valence-electron chi connectivity index (χ3n) is 15.5. The zero-order valence-corrected chi connectivity index (χ0v) is 30.2. The first-order valence-electron chi connectivity index (χ1n) is 17.8. The lowest BCUT2D eigenvalue weighted by Gasteiger charge is -2.57. The molecule has 8 aliphatic carbocycles. The maximum atomic E-state index is 10.3. The Kier molecular flexibility index (Phi) is 8.66. The van der Waals surface area contributed by atoms with Crippen LogP contribution in [-0.4, -0.2) is 36.0 Å². The molecule has 2 saturated heterocycles. The van der Waals surface area contributed by atoms with Crippen LogP contribution in [-0.2, 0) is 19.1 Å². The van der Waals surface area contributed by atoms with Gasteiger partial charge in [0.05, 0.1) is 23.4 Å². The summed E-state index contributed by atoms with van der Waals surface area (Å²) < 4.78 is 11.5. The summed E-state index contributed by atoms with van der Waals surface area (Å²) >= 11 is 0. The van der Waals surface area contributed by atoms with Gasteiger partial charge in [-0.2, -0.15) is 0 Å². The molecule has 4 heteroatoms. The lowest BCUT2D eigenvalue weighted by Crippen LogP contribution is -2.56. The predicted octanol–water partition coefficient (Wildman–Crippen LogP) is 9.56. The van der Waals surface area contributed by atoms with Gasteiger partial charge >= 0.3 is 0 Å². The van der Waals surface area contributed by atoms with Gasteiger partial charge in [0, 0.05) is 12.8 Å². The molecule has 2 heterocycles. The second kappa shape index (κ2) is 11.2. The highest BCUT2D eigenvalue weighted by Crippen LogP contribution is 2.71. The van der Waals surface area contributed by atoms with Crippen molar-refractivity contribution >= 4 is 12.6 Å². The first-order chi connectivity index (χ1) is 20.3. The summed E-state index contributed by atoms with van der Waals surface area (Å²) in [6.07, 6.45) is 17.0. The fourth-order valence-corrected chi connectivity index (χ4v) is 10.4. The Labute approximate surface area is 269 Å². The molecule has 10 rings (SSSR count). The topological polar surface area (TPSA) is 59.2 Å². The van der Waals surface area contributed by atoms with Crippen LogP contribution in [0.15, 0.2) is 23.3 Å². The number of aldehydes is 2. The van der Waals surface area contributed by atoms with E-state index < -0.39 is 0 Å². The average Bonchev–Trinajstić information content (AvgIpc) is 3.79. The van der Waals surface area contributed by atoms with E-state index in [0.29, 0.717) is 58.9 Å². The van der Waals surface area contributed by atoms with Gasteiger partial charge in [-0.3, -0.25) is 0 Å². The van der Waals surface area contributed by atoms with Crippen molar-refractivity contribution in [2.45, 2.75) is 158 Å². The minimum atomic E-state index is 0.251. The van der Waals surface area contributed by atoms with E-state index in [1.54, 1.807) is 0 Å². The minimum absolute atomic E-state index is 0.251. The maximum absolute atomic E-state index is 10.3. The third-order valence-corrected chi connectivity index (χ3v) is 15.5. The molecule has 8 fully saturated rings. The van der Waals surface area contributed by atoms with Crippen LogP contribution in [0.3, 0.4) is 0 Å². The first kappa shape index (κ1) is 34.1. The Morgan fingerprint density at radius 2 is 0.955 bits per heavy atom. The van der Waals surface area contributed by atoms with Gasteiger partial charge in [0.25, 0.3) is 0 Å². The van der Waals surface area contributed by atoms with E-state index in [-0.39, 0.29) is 10.8 Å². The number of allylic oxidation sites excluding steroid dienone is 4. The molecule has 0 aromatic rings. The standard InChI is InChI=1S/4C10H16O/c2*1-9(2)6-4-7(9)10(3)8(5-6)11-10;2*1-8-4-5-9(6-7-11)10(8,2)3/h2*6-8H,4-5H2,1-3H3;2*4,7,9H,5-6H2,1-3H3/t2*6-,7-,8+,10?;2*9-/m1010/s1. The smallest absolute Gasteiger partial charge is 0.120 e. The van der Waals surface area contributed by atoms with E-state index in [4.69, 9.17) is 9.47 Å². The number of ether oxygens (including phenoxy) is 2. The van der Waals surface area contributed by atoms with Gasteiger partial charge in [0.2, 0.25) is 0 Å². The number of carbonyl (C=O) groups excluding carboxylic acids is 2. The molecular formula is C40H64O4. The van der Waals surface area contributed by atoms with Crippen LogP contribution in [0, 0.1) is 57.2 Å². The van der Waals surface area contributed by atoms with Crippen molar-refractivity contribution in [3.05, 3.63) is 23.3 Å². The largest absolute Gasteiger partial charge is 0.366 e. The molecule has 10 atom stereocenters. The zero-order valence-electron chi connectivity index (χ0n) is 30.2. The molecular weight excluding hydrogens is 544 g/mol. The van der Waals surface area contributed by atoms with Crippen molar-refractivity contribution in [3.8, 4) is 0 Å². The monoisotopic (exact) mass is 608 g/mol. The molecule has 2 unspecified atom stereocenters. The zero-order chi connectivity index (χ0) is 32.7. The van der Waals surface area contributed by atoms with Crippen LogP contribution < -0.4 is 0 Å². The Morgan fingerprint density at radius 1 is 0.614 bits per heavy atom. The fourth-order valence-electron chi connectivity index (χ4n) is 10.4. The number of epoxide rings is 2. The molecule has 0 N–H and O–H groups in total. The Bertz CT molecular complexity index is 1090. The van der Waals surface area contributed by atoms with Gasteiger partial charge in [-0.25, -0.2) is 0 Å². The third kappa shape index (κ3) is 5.44. The SMILES string of the molecule is CC1(C)[C@@H]2C[C@H]3OC3(C)[C@H]1C2.CC1(C)[C@H]2C[C@@H]3OC3(C)[C@@H]1C2.CC1=CC[C@@H](CC=O)C1(C)C.CC1=CC[C@H](CC=O)C1(C)C. The summed E-state index contributed by atoms with van der Waals surface area (Å²) in [4.78, 5) is 20.7. The Balaban J connectivity index is 0.000000116. The van der Waals surface area contributed by atoms with Crippen molar-refractivity contribution in [2.24, 2.45) is 57.2 Å². The van der Waals surface area contributed by atoms with Crippen LogP contribution >= 0.6 is 0 Å². The van der Waals surface area contributed by atoms with Gasteiger partial charge < -0.3 is 19.1 Å². The van der Waals surface area contributed by atoms with Crippen molar-refractivity contribution < 1.29 is 19.1 Å². The summed E-state index contributed by atoms with van der Waals surface area (Å²) in [5.74, 6) is 4.73. The lowest BCUT2D eigenvalue weighted by atomic mass is 9.46. The van der Waals surface area contributed by atoms with Crippen molar-refractivity contribution in [1.82, 2.24) is 0 Å². The highest BCUT2D eigenvalue weighted by molar-refractivity contribution is 5.51. The van der Waals surface area contributed by atoms with Gasteiger partial charge in [-0.15, -0.1) is 0 Å². The van der Waals surface area contributed by atoms with E-state index in [0.717, 1.165) is 49.1 Å². The van der Waals surface area contributed by atoms with Crippen molar-refractivity contribution in [1.29, 1.82) is 0 Å². The van der Waals surface area contributed by atoms with E-state index in [2.05, 4.69) is 95.2 Å². The molecule has 44 heavy (non-hydrogen) atoms. The maximum Gasteiger partial charge on any atom is 0.120 e. The van der Waals surface area contributed by atoms with Crippen LogP contribution in [0.1, 0.15) is 134 Å². The molecule has 0 aromatic heterocycles. The molecule has 0 aromatic carbocycles. The molecule has 248 valence electrons. The van der Waals surface area contributed by atoms with Crippen LogP contribution in [0.2, 0.25) is 0 Å². The molecule has 6 saturated carbocycles. The summed E-state index contributed by atoms with van der Waals surface area (Å²) in [5.41, 5.74) is 5.15. The predicted molar refractivity (Wildman–Crippen MR) is 179 cm³/mol. The summed E-state index contributed by atoms with van der Waals surface area (Å²) in [6.45, 7) is 27.5.